The first kappa shape index (κ1) is 19.7. The van der Waals surface area contributed by atoms with Gasteiger partial charge in [-0.15, -0.1) is 0 Å². The Hall–Kier alpha value is -2.67. The minimum Gasteiger partial charge on any atom is -0.492 e. The summed E-state index contributed by atoms with van der Waals surface area (Å²) in [5.41, 5.74) is 0.681. The predicted octanol–water partition coefficient (Wildman–Crippen LogP) is 3.01. The van der Waals surface area contributed by atoms with Gasteiger partial charge < -0.3 is 14.8 Å². The minimum absolute atomic E-state index is 0.183. The maximum atomic E-state index is 12.4. The molecule has 2 rings (SSSR count). The molecule has 0 aliphatic rings. The summed E-state index contributed by atoms with van der Waals surface area (Å²) in [6.45, 7) is 3.78. The highest BCUT2D eigenvalue weighted by Crippen LogP contribution is 2.24. The molecule has 1 amide bonds. The zero-order chi connectivity index (χ0) is 19.1. The molecule has 0 aliphatic carbocycles. The number of hydrogen-bond acceptors (Lipinski definition) is 5. The number of nitrogens with one attached hydrogen (secondary N) is 1. The van der Waals surface area contributed by atoms with Crippen LogP contribution in [-0.4, -0.2) is 35.1 Å². The number of hydrogen-bond donors (Lipinski definition) is 1. The second kappa shape index (κ2) is 9.15. The van der Waals surface area contributed by atoms with Crippen molar-refractivity contribution in [2.75, 3.05) is 18.2 Å². The Kier molecular flexibility index (Phi) is 6.91. The number of benzene rings is 2. The zero-order valence-electron chi connectivity index (χ0n) is 14.9. The monoisotopic (exact) mass is 375 g/mol. The Bertz CT molecular complexity index is 821. The molecule has 2 aromatic rings. The lowest BCUT2D eigenvalue weighted by Crippen LogP contribution is -2.30. The van der Waals surface area contributed by atoms with Gasteiger partial charge in [0.1, 0.15) is 5.75 Å². The van der Waals surface area contributed by atoms with Crippen LogP contribution in [0.2, 0.25) is 0 Å². The molecule has 0 aromatic heterocycles. The largest absolute Gasteiger partial charge is 0.492 e. The quantitative estimate of drug-likeness (QED) is 0.753. The van der Waals surface area contributed by atoms with Crippen LogP contribution in [0.15, 0.2) is 53.4 Å². The van der Waals surface area contributed by atoms with E-state index in [-0.39, 0.29) is 5.56 Å². The molecule has 0 saturated heterocycles. The molecular weight excluding hydrogens is 354 g/mol. The Balaban J connectivity index is 2.08. The number of amides is 1. The lowest BCUT2D eigenvalue weighted by atomic mass is 10.2. The highest BCUT2D eigenvalue weighted by molar-refractivity contribution is 7.84. The number of ether oxygens (including phenoxy) is 2. The summed E-state index contributed by atoms with van der Waals surface area (Å²) in [5, 5.41) is 2.69. The molecule has 26 heavy (non-hydrogen) atoms. The van der Waals surface area contributed by atoms with E-state index >= 15 is 0 Å². The topological polar surface area (TPSA) is 81.7 Å². The second-order valence-electron chi connectivity index (χ2n) is 5.42. The van der Waals surface area contributed by atoms with E-state index in [0.717, 1.165) is 0 Å². The maximum absolute atomic E-state index is 12.4. The summed E-state index contributed by atoms with van der Waals surface area (Å²) in [5.74, 6) is -0.647. The van der Waals surface area contributed by atoms with Crippen molar-refractivity contribution in [2.45, 2.75) is 24.8 Å². The molecule has 138 valence electrons. The molecule has 0 bridgehead atoms. The minimum atomic E-state index is -1.34. The van der Waals surface area contributed by atoms with Crippen molar-refractivity contribution in [2.24, 2.45) is 0 Å². The summed E-state index contributed by atoms with van der Waals surface area (Å²) < 4.78 is 22.4. The normalized spacial score (nSPS) is 12.7. The van der Waals surface area contributed by atoms with Crippen LogP contribution < -0.4 is 10.1 Å². The number of esters is 1. The van der Waals surface area contributed by atoms with E-state index in [1.54, 1.807) is 42.5 Å². The SMILES string of the molecule is CCOc1ccccc1NC(=O)[C@@H](C)OC(=O)c1ccccc1[S@](C)=O. The molecule has 0 aliphatic heterocycles. The molecule has 1 N–H and O–H groups in total. The van der Waals surface area contributed by atoms with Gasteiger partial charge in [0.15, 0.2) is 6.10 Å². The van der Waals surface area contributed by atoms with Crippen LogP contribution in [0.1, 0.15) is 24.2 Å². The van der Waals surface area contributed by atoms with Crippen molar-refractivity contribution >= 4 is 28.4 Å². The third-order valence-corrected chi connectivity index (χ3v) is 4.49. The van der Waals surface area contributed by atoms with Crippen LogP contribution in [-0.2, 0) is 20.3 Å². The zero-order valence-corrected chi connectivity index (χ0v) is 15.7. The van der Waals surface area contributed by atoms with Gasteiger partial charge in [-0.1, -0.05) is 24.3 Å². The smallest absolute Gasteiger partial charge is 0.340 e. The van der Waals surface area contributed by atoms with Gasteiger partial charge in [0.25, 0.3) is 5.91 Å². The van der Waals surface area contributed by atoms with Gasteiger partial charge in [-0.05, 0) is 38.1 Å². The van der Waals surface area contributed by atoms with Crippen LogP contribution in [0.3, 0.4) is 0 Å². The molecule has 6 nitrogen and oxygen atoms in total. The van der Waals surface area contributed by atoms with E-state index in [9.17, 15) is 13.8 Å². The molecule has 0 saturated carbocycles. The van der Waals surface area contributed by atoms with E-state index in [1.165, 1.54) is 19.2 Å². The van der Waals surface area contributed by atoms with Crippen molar-refractivity contribution < 1.29 is 23.3 Å². The van der Waals surface area contributed by atoms with Gasteiger partial charge in [0.05, 0.1) is 33.6 Å². The maximum Gasteiger partial charge on any atom is 0.340 e. The van der Waals surface area contributed by atoms with Crippen LogP contribution in [0, 0.1) is 0 Å². The molecule has 2 atom stereocenters. The Morgan fingerprint density at radius 1 is 1.12 bits per heavy atom. The fraction of sp³-hybridized carbons (Fsp3) is 0.263. The van der Waals surface area contributed by atoms with Crippen LogP contribution >= 0.6 is 0 Å². The van der Waals surface area contributed by atoms with Gasteiger partial charge in [-0.25, -0.2) is 4.79 Å². The van der Waals surface area contributed by atoms with Gasteiger partial charge >= 0.3 is 5.97 Å². The first-order chi connectivity index (χ1) is 12.4. The number of carbonyl (C=O) groups is 2. The molecule has 0 unspecified atom stereocenters. The number of carbonyl (C=O) groups excluding carboxylic acids is 2. The predicted molar refractivity (Wildman–Crippen MR) is 99.9 cm³/mol. The number of anilines is 1. The summed E-state index contributed by atoms with van der Waals surface area (Å²) in [6.07, 6.45) is 0.447. The van der Waals surface area contributed by atoms with Crippen LogP contribution in [0.25, 0.3) is 0 Å². The average molecular weight is 375 g/mol. The fourth-order valence-electron chi connectivity index (χ4n) is 2.25. The standard InChI is InChI=1S/C19H21NO5S/c1-4-24-16-11-7-6-10-15(16)20-18(21)13(2)25-19(22)14-9-5-8-12-17(14)26(3)23/h5-13H,4H2,1-3H3,(H,20,21)/t13-,26+/m1/s1. The first-order valence-corrected chi connectivity index (χ1v) is 9.66. The van der Waals surface area contributed by atoms with E-state index in [2.05, 4.69) is 5.32 Å². The van der Waals surface area contributed by atoms with Gasteiger partial charge in [-0.3, -0.25) is 9.00 Å². The van der Waals surface area contributed by atoms with Crippen molar-refractivity contribution in [3.8, 4) is 5.75 Å². The van der Waals surface area contributed by atoms with Crippen molar-refractivity contribution in [1.29, 1.82) is 0 Å². The van der Waals surface area contributed by atoms with Gasteiger partial charge in [-0.2, -0.15) is 0 Å². The summed E-state index contributed by atoms with van der Waals surface area (Å²) in [7, 11) is -1.34. The second-order valence-corrected chi connectivity index (χ2v) is 6.76. The molecule has 0 radical (unpaired) electrons. The molecule has 2 aromatic carbocycles. The Labute approximate surface area is 155 Å². The third-order valence-electron chi connectivity index (χ3n) is 3.51. The summed E-state index contributed by atoms with van der Waals surface area (Å²) in [6, 6.07) is 13.5. The Morgan fingerprint density at radius 3 is 2.46 bits per heavy atom. The summed E-state index contributed by atoms with van der Waals surface area (Å²) >= 11 is 0. The highest BCUT2D eigenvalue weighted by atomic mass is 32.2. The third kappa shape index (κ3) is 4.92. The number of para-hydroxylation sites is 2. The Morgan fingerprint density at radius 2 is 1.77 bits per heavy atom. The van der Waals surface area contributed by atoms with Crippen LogP contribution in [0.5, 0.6) is 5.75 Å². The molecule has 0 fully saturated rings. The molecule has 0 heterocycles. The van der Waals surface area contributed by atoms with E-state index in [4.69, 9.17) is 9.47 Å². The average Bonchev–Trinajstić information content (AvgIpc) is 2.63. The van der Waals surface area contributed by atoms with E-state index in [1.807, 2.05) is 6.92 Å². The van der Waals surface area contributed by atoms with Crippen molar-refractivity contribution in [3.05, 3.63) is 54.1 Å². The van der Waals surface area contributed by atoms with Crippen molar-refractivity contribution in [1.82, 2.24) is 0 Å². The molecule has 7 heteroatoms. The van der Waals surface area contributed by atoms with E-state index < -0.39 is 28.8 Å². The summed E-state index contributed by atoms with van der Waals surface area (Å²) in [4.78, 5) is 25.1. The molecule has 0 spiro atoms. The van der Waals surface area contributed by atoms with Gasteiger partial charge in [0.2, 0.25) is 0 Å². The lowest BCUT2D eigenvalue weighted by molar-refractivity contribution is -0.123. The first-order valence-electron chi connectivity index (χ1n) is 8.10. The van der Waals surface area contributed by atoms with Gasteiger partial charge in [0, 0.05) is 6.26 Å². The highest BCUT2D eigenvalue weighted by Gasteiger charge is 2.22. The fourth-order valence-corrected chi connectivity index (χ4v) is 2.98. The van der Waals surface area contributed by atoms with E-state index in [0.29, 0.717) is 22.9 Å². The molecular formula is C19H21NO5S. The van der Waals surface area contributed by atoms with Crippen molar-refractivity contribution in [3.63, 3.8) is 0 Å². The number of rotatable bonds is 7. The lowest BCUT2D eigenvalue weighted by Gasteiger charge is -2.16. The van der Waals surface area contributed by atoms with Crippen LogP contribution in [0.4, 0.5) is 5.69 Å².